The predicted molar refractivity (Wildman–Crippen MR) is 53.4 cm³/mol. The summed E-state index contributed by atoms with van der Waals surface area (Å²) in [6, 6.07) is 0. The van der Waals surface area contributed by atoms with Crippen LogP contribution < -0.4 is 5.73 Å². The minimum absolute atomic E-state index is 0.296. The van der Waals surface area contributed by atoms with Crippen molar-refractivity contribution in [3.05, 3.63) is 17.5 Å². The summed E-state index contributed by atoms with van der Waals surface area (Å²) in [5.74, 6) is 1.26. The van der Waals surface area contributed by atoms with E-state index in [4.69, 9.17) is 22.5 Å². The van der Waals surface area contributed by atoms with Gasteiger partial charge >= 0.3 is 0 Å². The maximum atomic E-state index is 5.63. The molecule has 2 N–H and O–H groups in total. The van der Waals surface area contributed by atoms with E-state index in [1.165, 1.54) is 5.56 Å². The molecule has 13 heavy (non-hydrogen) atoms. The highest BCUT2D eigenvalue weighted by Crippen LogP contribution is 2.24. The van der Waals surface area contributed by atoms with Crippen molar-refractivity contribution in [2.75, 3.05) is 0 Å². The molecular formula is C9H12N2OS. The highest BCUT2D eigenvalue weighted by atomic mass is 32.1. The molecule has 0 saturated heterocycles. The van der Waals surface area contributed by atoms with Gasteiger partial charge in [0.05, 0.1) is 11.2 Å². The van der Waals surface area contributed by atoms with Crippen molar-refractivity contribution in [1.82, 2.24) is 5.16 Å². The summed E-state index contributed by atoms with van der Waals surface area (Å²) < 4.78 is 5.15. The second kappa shape index (κ2) is 3.46. The molecule has 0 spiro atoms. The Hall–Kier alpha value is -0.900. The van der Waals surface area contributed by atoms with Crippen molar-refractivity contribution in [2.45, 2.75) is 25.7 Å². The molecule has 0 unspecified atom stereocenters. The van der Waals surface area contributed by atoms with Gasteiger partial charge in [-0.2, -0.15) is 0 Å². The Kier molecular flexibility index (Phi) is 2.31. The molecule has 1 aromatic heterocycles. The van der Waals surface area contributed by atoms with E-state index in [0.29, 0.717) is 10.9 Å². The van der Waals surface area contributed by atoms with Crippen LogP contribution in [0.1, 0.15) is 24.2 Å². The first kappa shape index (κ1) is 8.69. The van der Waals surface area contributed by atoms with Gasteiger partial charge in [-0.1, -0.05) is 17.4 Å². The van der Waals surface area contributed by atoms with E-state index in [1.54, 1.807) is 6.20 Å². The molecule has 1 aliphatic carbocycles. The van der Waals surface area contributed by atoms with Crippen molar-refractivity contribution >= 4 is 17.2 Å². The summed E-state index contributed by atoms with van der Waals surface area (Å²) >= 11 is 4.99. The molecule has 1 aromatic rings. The first-order valence-corrected chi connectivity index (χ1v) is 4.90. The molecule has 2 rings (SSSR count). The maximum Gasteiger partial charge on any atom is 0.140 e. The molecule has 0 saturated carbocycles. The SMILES string of the molecule is NC(=S)[C@@H]1CCCc2cnoc2C1. The van der Waals surface area contributed by atoms with E-state index >= 15 is 0 Å². The second-order valence-corrected chi connectivity index (χ2v) is 3.94. The number of fused-ring (bicyclic) bond motifs is 1. The van der Waals surface area contributed by atoms with Crippen LogP contribution in [0.25, 0.3) is 0 Å². The Morgan fingerprint density at radius 3 is 3.31 bits per heavy atom. The van der Waals surface area contributed by atoms with Crippen LogP contribution in [-0.4, -0.2) is 10.1 Å². The fourth-order valence-electron chi connectivity index (χ4n) is 1.76. The van der Waals surface area contributed by atoms with Gasteiger partial charge in [0.15, 0.2) is 0 Å². The average Bonchev–Trinajstić information content (AvgIpc) is 2.42. The number of hydrogen-bond acceptors (Lipinski definition) is 3. The Morgan fingerprint density at radius 2 is 2.54 bits per heavy atom. The van der Waals surface area contributed by atoms with Gasteiger partial charge in [0.1, 0.15) is 5.76 Å². The minimum atomic E-state index is 0.296. The van der Waals surface area contributed by atoms with E-state index < -0.39 is 0 Å². The van der Waals surface area contributed by atoms with Gasteiger partial charge in [0.2, 0.25) is 0 Å². The van der Waals surface area contributed by atoms with Gasteiger partial charge in [-0.15, -0.1) is 0 Å². The first-order valence-electron chi connectivity index (χ1n) is 4.49. The number of nitrogens with zero attached hydrogens (tertiary/aromatic N) is 1. The van der Waals surface area contributed by atoms with E-state index in [1.807, 2.05) is 0 Å². The van der Waals surface area contributed by atoms with Crippen molar-refractivity contribution in [3.63, 3.8) is 0 Å². The summed E-state index contributed by atoms with van der Waals surface area (Å²) in [6.07, 6.45) is 5.86. The molecule has 3 nitrogen and oxygen atoms in total. The van der Waals surface area contributed by atoms with Crippen LogP contribution in [0, 0.1) is 5.92 Å². The van der Waals surface area contributed by atoms with E-state index in [9.17, 15) is 0 Å². The maximum absolute atomic E-state index is 5.63. The third-order valence-corrected chi connectivity index (χ3v) is 2.90. The Bertz CT molecular complexity index is 321. The molecule has 0 aromatic carbocycles. The fourth-order valence-corrected chi connectivity index (χ4v) is 1.97. The molecule has 70 valence electrons. The van der Waals surface area contributed by atoms with Crippen LogP contribution in [0.4, 0.5) is 0 Å². The zero-order chi connectivity index (χ0) is 9.26. The largest absolute Gasteiger partial charge is 0.393 e. The molecule has 1 aliphatic rings. The smallest absolute Gasteiger partial charge is 0.140 e. The van der Waals surface area contributed by atoms with Crippen molar-refractivity contribution < 1.29 is 4.52 Å². The molecule has 1 atom stereocenters. The summed E-state index contributed by atoms with van der Waals surface area (Å²) in [6.45, 7) is 0. The van der Waals surface area contributed by atoms with Crippen molar-refractivity contribution in [1.29, 1.82) is 0 Å². The molecule has 0 aliphatic heterocycles. The number of hydrogen-bond donors (Lipinski definition) is 1. The summed E-state index contributed by atoms with van der Waals surface area (Å²) in [5.41, 5.74) is 6.85. The van der Waals surface area contributed by atoms with Crippen LogP contribution in [0.2, 0.25) is 0 Å². The molecule has 0 fully saturated rings. The van der Waals surface area contributed by atoms with E-state index in [-0.39, 0.29) is 0 Å². The highest BCUT2D eigenvalue weighted by Gasteiger charge is 2.21. The number of rotatable bonds is 1. The van der Waals surface area contributed by atoms with Crippen LogP contribution in [-0.2, 0) is 12.8 Å². The van der Waals surface area contributed by atoms with Crippen LogP contribution in [0.3, 0.4) is 0 Å². The lowest BCUT2D eigenvalue weighted by molar-refractivity contribution is 0.372. The zero-order valence-electron chi connectivity index (χ0n) is 7.32. The van der Waals surface area contributed by atoms with Gasteiger partial charge < -0.3 is 10.3 Å². The normalized spacial score (nSPS) is 22.0. The number of nitrogens with two attached hydrogens (primary N) is 1. The highest BCUT2D eigenvalue weighted by molar-refractivity contribution is 7.80. The lowest BCUT2D eigenvalue weighted by atomic mass is 10.0. The molecule has 0 bridgehead atoms. The van der Waals surface area contributed by atoms with Gasteiger partial charge in [-0.05, 0) is 19.3 Å². The van der Waals surface area contributed by atoms with Gasteiger partial charge in [-0.3, -0.25) is 0 Å². The molecule has 0 amide bonds. The fraction of sp³-hybridized carbons (Fsp3) is 0.556. The van der Waals surface area contributed by atoms with E-state index in [2.05, 4.69) is 5.16 Å². The Balaban J connectivity index is 2.21. The van der Waals surface area contributed by atoms with Crippen LogP contribution in [0.15, 0.2) is 10.7 Å². The third-order valence-electron chi connectivity index (χ3n) is 2.56. The summed E-state index contributed by atoms with van der Waals surface area (Å²) in [4.78, 5) is 0.601. The summed E-state index contributed by atoms with van der Waals surface area (Å²) in [7, 11) is 0. The molecule has 1 heterocycles. The standard InChI is InChI=1S/C9H12N2OS/c10-9(13)6-2-1-3-7-5-11-12-8(7)4-6/h5-6H,1-4H2,(H2,10,13)/t6-/m1/s1. The lowest BCUT2D eigenvalue weighted by Gasteiger charge is -2.09. The monoisotopic (exact) mass is 196 g/mol. The topological polar surface area (TPSA) is 52.0 Å². The van der Waals surface area contributed by atoms with Crippen LogP contribution in [0.5, 0.6) is 0 Å². The number of thiocarbonyl (C=S) groups is 1. The number of aromatic nitrogens is 1. The van der Waals surface area contributed by atoms with Gasteiger partial charge in [0.25, 0.3) is 0 Å². The third kappa shape index (κ3) is 1.72. The first-order chi connectivity index (χ1) is 6.27. The average molecular weight is 196 g/mol. The van der Waals surface area contributed by atoms with E-state index in [0.717, 1.165) is 31.4 Å². The minimum Gasteiger partial charge on any atom is -0.393 e. The predicted octanol–water partition coefficient (Wildman–Crippen LogP) is 1.46. The zero-order valence-corrected chi connectivity index (χ0v) is 8.14. The van der Waals surface area contributed by atoms with Crippen molar-refractivity contribution in [2.24, 2.45) is 11.7 Å². The van der Waals surface area contributed by atoms with Gasteiger partial charge in [0, 0.05) is 17.9 Å². The molecule has 0 radical (unpaired) electrons. The Labute approximate surface area is 82.3 Å². The molecular weight excluding hydrogens is 184 g/mol. The van der Waals surface area contributed by atoms with Crippen molar-refractivity contribution in [3.8, 4) is 0 Å². The quantitative estimate of drug-likeness (QED) is 0.545. The number of aryl methyl sites for hydroxylation is 1. The van der Waals surface area contributed by atoms with Gasteiger partial charge in [-0.25, -0.2) is 0 Å². The lowest BCUT2D eigenvalue weighted by Crippen LogP contribution is -2.22. The second-order valence-electron chi connectivity index (χ2n) is 3.47. The van der Waals surface area contributed by atoms with Crippen LogP contribution >= 0.6 is 12.2 Å². The molecule has 4 heteroatoms. The summed E-state index contributed by atoms with van der Waals surface area (Å²) in [5, 5.41) is 3.78. The Morgan fingerprint density at radius 1 is 1.69 bits per heavy atom.